The number of likely N-dealkylation sites (tertiary alicyclic amines) is 1. The fourth-order valence-electron chi connectivity index (χ4n) is 6.21. The number of halogens is 3. The van der Waals surface area contributed by atoms with Crippen LogP contribution in [0.3, 0.4) is 0 Å². The summed E-state index contributed by atoms with van der Waals surface area (Å²) in [5.41, 5.74) is 2.55. The van der Waals surface area contributed by atoms with Crippen molar-refractivity contribution in [1.29, 1.82) is 0 Å². The lowest BCUT2D eigenvalue weighted by Crippen LogP contribution is -2.52. The van der Waals surface area contributed by atoms with Crippen LogP contribution in [0.1, 0.15) is 93.4 Å². The summed E-state index contributed by atoms with van der Waals surface area (Å²) in [4.78, 5) is 70.2. The number of carbonyl (C=O) groups is 5. The van der Waals surface area contributed by atoms with Gasteiger partial charge in [0, 0.05) is 24.1 Å². The number of hydrogen-bond acceptors (Lipinski definition) is 10. The molecule has 1 aromatic heterocycles. The van der Waals surface area contributed by atoms with Crippen molar-refractivity contribution in [2.24, 2.45) is 16.6 Å². The minimum Gasteiger partial charge on any atom is -0.384 e. The average Bonchev–Trinajstić information content (AvgIpc) is 3.72. The Morgan fingerprint density at radius 3 is 2.22 bits per heavy atom. The minimum absolute atomic E-state index is 0.0391. The number of alkyl halides is 3. The molecule has 1 saturated heterocycles. The van der Waals surface area contributed by atoms with E-state index in [1.54, 1.807) is 0 Å². The quantitative estimate of drug-likeness (QED) is 0.127. The number of ketones is 1. The molecule has 0 radical (unpaired) electrons. The molecule has 4 rings (SSSR count). The maximum Gasteiger partial charge on any atom is 0.447 e. The molecule has 272 valence electrons. The first-order valence-corrected chi connectivity index (χ1v) is 16.0. The molecule has 0 spiro atoms. The van der Waals surface area contributed by atoms with Crippen molar-refractivity contribution < 1.29 is 52.5 Å². The van der Waals surface area contributed by atoms with E-state index in [4.69, 9.17) is 5.73 Å². The molecule has 2 aliphatic rings. The van der Waals surface area contributed by atoms with Crippen molar-refractivity contribution in [3.05, 3.63) is 47.3 Å². The number of benzene rings is 1. The van der Waals surface area contributed by atoms with Crippen molar-refractivity contribution in [3.8, 4) is 0 Å². The number of amides is 4. The second-order valence-corrected chi connectivity index (χ2v) is 13.3. The summed E-state index contributed by atoms with van der Waals surface area (Å²) in [5, 5.41) is 40.2. The van der Waals surface area contributed by atoms with Crippen molar-refractivity contribution in [2.45, 2.75) is 101 Å². The molecule has 2 heterocycles. The summed E-state index contributed by atoms with van der Waals surface area (Å²) in [5.74, 6) is -9.18. The predicted octanol–water partition coefficient (Wildman–Crippen LogP) is 1.16. The van der Waals surface area contributed by atoms with Crippen molar-refractivity contribution in [1.82, 2.24) is 25.2 Å². The first-order chi connectivity index (χ1) is 23.2. The lowest BCUT2D eigenvalue weighted by Gasteiger charge is -2.27. The van der Waals surface area contributed by atoms with Crippen LogP contribution in [0.25, 0.3) is 0 Å². The third kappa shape index (κ3) is 8.42. The van der Waals surface area contributed by atoms with Gasteiger partial charge in [0.1, 0.15) is 17.4 Å². The lowest BCUT2D eigenvalue weighted by molar-refractivity contribution is -0.358. The molecule has 4 amide bonds. The maximum absolute atomic E-state index is 14.4. The van der Waals surface area contributed by atoms with Crippen molar-refractivity contribution in [3.63, 3.8) is 0 Å². The summed E-state index contributed by atoms with van der Waals surface area (Å²) >= 11 is 0. The van der Waals surface area contributed by atoms with Gasteiger partial charge in [0.15, 0.2) is 0 Å². The molecular formula is C32H40F3N7O8. The largest absolute Gasteiger partial charge is 0.447 e. The Bertz CT molecular complexity index is 1640. The first-order valence-electron chi connectivity index (χ1n) is 16.0. The molecule has 1 aliphatic heterocycles. The lowest BCUT2D eigenvalue weighted by atomic mass is 9.85. The number of carbonyl (C=O) groups excluding carboxylic acids is 5. The number of aliphatic imine (C=N–C) groups is 1. The van der Waals surface area contributed by atoms with Gasteiger partial charge in [-0.2, -0.15) is 13.2 Å². The van der Waals surface area contributed by atoms with Gasteiger partial charge in [-0.05, 0) is 45.2 Å². The molecule has 2 aromatic rings. The number of nitrogens with zero attached hydrogens (tertiary/aromatic N) is 5. The fraction of sp³-hybridized carbons (Fsp3) is 0.562. The second kappa shape index (κ2) is 14.7. The highest BCUT2D eigenvalue weighted by Gasteiger charge is 2.54. The van der Waals surface area contributed by atoms with Gasteiger partial charge in [0.05, 0.1) is 24.0 Å². The van der Waals surface area contributed by atoms with Crippen LogP contribution in [0.2, 0.25) is 0 Å². The van der Waals surface area contributed by atoms with Crippen LogP contribution in [-0.4, -0.2) is 95.1 Å². The Balaban J connectivity index is 1.71. The monoisotopic (exact) mass is 707 g/mol. The number of nitrogens with one attached hydrogen (secondary N) is 1. The van der Waals surface area contributed by atoms with Gasteiger partial charge in [-0.1, -0.05) is 49.5 Å². The summed E-state index contributed by atoms with van der Waals surface area (Å²) in [6.07, 6.45) is 0.0744. The van der Waals surface area contributed by atoms with Crippen LogP contribution in [0, 0.1) is 5.92 Å². The van der Waals surface area contributed by atoms with Gasteiger partial charge in [0.2, 0.25) is 11.7 Å². The van der Waals surface area contributed by atoms with E-state index in [1.807, 2.05) is 0 Å². The summed E-state index contributed by atoms with van der Waals surface area (Å²) in [6.45, 7) is 4.08. The standard InChI is InChI=1S/C32H40F3N7O8/c1-17(25(43)26(36)44)38-28(46)23-14-21(42-24(15-37-40-42)30(2,3)48)16-41(23)29(47)22(13-18-7-5-4-6-8-18)39-27(45)19-9-11-20(12-10-19)31(49,50)32(33,34)35/h9-12,15,17-18,21,23,48-50H,4-8,13-14,16H2,1-3H3,(H2,36,44)(H,38,46)/b39-22+/t17?,21-,23-/m0/s1. The van der Waals surface area contributed by atoms with E-state index in [9.17, 15) is 52.5 Å². The van der Waals surface area contributed by atoms with E-state index in [-0.39, 0.29) is 42.3 Å². The van der Waals surface area contributed by atoms with Gasteiger partial charge in [-0.3, -0.25) is 24.0 Å². The Labute approximate surface area is 284 Å². The van der Waals surface area contributed by atoms with Crippen LogP contribution in [0.15, 0.2) is 35.5 Å². The Kier molecular flexibility index (Phi) is 11.3. The van der Waals surface area contributed by atoms with E-state index in [0.29, 0.717) is 12.1 Å². The van der Waals surface area contributed by atoms with Crippen molar-refractivity contribution in [2.75, 3.05) is 6.54 Å². The van der Waals surface area contributed by atoms with Gasteiger partial charge >= 0.3 is 6.18 Å². The molecule has 50 heavy (non-hydrogen) atoms. The molecule has 1 saturated carbocycles. The topological polar surface area (TPSA) is 230 Å². The van der Waals surface area contributed by atoms with Gasteiger partial charge in [0.25, 0.3) is 23.5 Å². The Morgan fingerprint density at radius 2 is 1.66 bits per heavy atom. The number of nitrogens with two attached hydrogens (primary N) is 1. The average molecular weight is 708 g/mol. The molecule has 2 fully saturated rings. The van der Waals surface area contributed by atoms with Crippen LogP contribution in [-0.2, 0) is 30.6 Å². The minimum atomic E-state index is -5.42. The number of aliphatic hydroxyl groups is 3. The SMILES string of the molecule is CC(NC(=O)[C@@H]1C[C@H](n2nncc2C(C)(C)O)CN1C(=O)/C(CC1CCCCC1)=N/C(=O)c1ccc(C(O)(O)C(F)(F)F)cc1)C(=O)C(N)=O. The molecule has 1 unspecified atom stereocenters. The molecular weight excluding hydrogens is 667 g/mol. The van der Waals surface area contributed by atoms with E-state index < -0.39 is 70.7 Å². The zero-order chi connectivity index (χ0) is 37.2. The van der Waals surface area contributed by atoms with E-state index in [1.165, 1.54) is 31.6 Å². The van der Waals surface area contributed by atoms with Crippen LogP contribution in [0.4, 0.5) is 13.2 Å². The normalized spacial score (nSPS) is 20.0. The van der Waals surface area contributed by atoms with Crippen LogP contribution in [0.5, 0.6) is 0 Å². The number of aromatic nitrogens is 3. The summed E-state index contributed by atoms with van der Waals surface area (Å²) in [6, 6.07) is -0.0780. The highest BCUT2D eigenvalue weighted by atomic mass is 19.4. The third-order valence-electron chi connectivity index (χ3n) is 9.00. The number of hydrogen-bond donors (Lipinski definition) is 5. The highest BCUT2D eigenvalue weighted by molar-refractivity contribution is 6.41. The van der Waals surface area contributed by atoms with Crippen LogP contribution < -0.4 is 11.1 Å². The molecule has 6 N–H and O–H groups in total. The summed E-state index contributed by atoms with van der Waals surface area (Å²) in [7, 11) is 0. The first kappa shape index (κ1) is 38.3. The van der Waals surface area contributed by atoms with Crippen LogP contribution >= 0.6 is 0 Å². The summed E-state index contributed by atoms with van der Waals surface area (Å²) < 4.78 is 40.7. The zero-order valence-corrected chi connectivity index (χ0v) is 27.7. The Morgan fingerprint density at radius 1 is 1.04 bits per heavy atom. The number of rotatable bonds is 11. The van der Waals surface area contributed by atoms with Gasteiger partial charge < -0.3 is 31.3 Å². The zero-order valence-electron chi connectivity index (χ0n) is 27.7. The molecule has 15 nitrogen and oxygen atoms in total. The predicted molar refractivity (Wildman–Crippen MR) is 168 cm³/mol. The van der Waals surface area contributed by atoms with E-state index >= 15 is 0 Å². The fourth-order valence-corrected chi connectivity index (χ4v) is 6.21. The smallest absolute Gasteiger partial charge is 0.384 e. The molecule has 0 bridgehead atoms. The third-order valence-corrected chi connectivity index (χ3v) is 9.00. The number of Topliss-reactive ketones (excluding diaryl/α,β-unsaturated/α-hetero) is 1. The number of primary amides is 1. The molecule has 18 heteroatoms. The van der Waals surface area contributed by atoms with Gasteiger partial charge in [-0.15, -0.1) is 5.10 Å². The highest BCUT2D eigenvalue weighted by Crippen LogP contribution is 2.37. The molecule has 1 aliphatic carbocycles. The van der Waals surface area contributed by atoms with E-state index in [0.717, 1.165) is 49.1 Å². The van der Waals surface area contributed by atoms with Gasteiger partial charge in [-0.25, -0.2) is 9.67 Å². The van der Waals surface area contributed by atoms with E-state index in [2.05, 4.69) is 20.6 Å². The Hall–Kier alpha value is -4.55. The van der Waals surface area contributed by atoms with Crippen molar-refractivity contribution >= 4 is 35.1 Å². The maximum atomic E-state index is 14.4. The molecule has 1 aromatic carbocycles. The molecule has 3 atom stereocenters. The second-order valence-electron chi connectivity index (χ2n) is 13.3.